The maximum absolute atomic E-state index is 12.1. The van der Waals surface area contributed by atoms with Crippen molar-refractivity contribution < 1.29 is 9.90 Å². The molecule has 1 aromatic heterocycles. The van der Waals surface area contributed by atoms with E-state index in [1.54, 1.807) is 12.4 Å². The first-order valence-corrected chi connectivity index (χ1v) is 12.5. The van der Waals surface area contributed by atoms with Gasteiger partial charge in [-0.15, -0.1) is 0 Å². The highest BCUT2D eigenvalue weighted by Crippen LogP contribution is 2.27. The molecule has 0 fully saturated rings. The Balaban J connectivity index is 2.09. The Kier molecular flexibility index (Phi) is 12.3. The van der Waals surface area contributed by atoms with Crippen molar-refractivity contribution in [2.45, 2.75) is 96.8 Å². The molecule has 1 atom stereocenters. The van der Waals surface area contributed by atoms with Crippen molar-refractivity contribution in [2.75, 3.05) is 0 Å². The molecule has 2 aromatic rings. The predicted octanol–water partition coefficient (Wildman–Crippen LogP) is 7.60. The second kappa shape index (κ2) is 15.3. The van der Waals surface area contributed by atoms with Crippen LogP contribution in [0.15, 0.2) is 48.8 Å². The number of allylic oxidation sites excluding steroid dienone is 1. The van der Waals surface area contributed by atoms with Crippen molar-refractivity contribution in [3.8, 4) is 0 Å². The van der Waals surface area contributed by atoms with E-state index in [4.69, 9.17) is 0 Å². The lowest BCUT2D eigenvalue weighted by Gasteiger charge is -2.15. The molecule has 1 aromatic carbocycles. The SMILES string of the molecule is CCCCCCCCc1cnc(/C(=C\C(CCCCCC)c2ccccc2)C(=O)O)nc1. The average Bonchev–Trinajstić information content (AvgIpc) is 2.82. The molecule has 32 heavy (non-hydrogen) atoms. The van der Waals surface area contributed by atoms with Gasteiger partial charge < -0.3 is 5.11 Å². The number of aromatic nitrogens is 2. The molecular formula is C28H40N2O2. The summed E-state index contributed by atoms with van der Waals surface area (Å²) in [5, 5.41) is 9.90. The summed E-state index contributed by atoms with van der Waals surface area (Å²) in [4.78, 5) is 20.9. The first-order valence-electron chi connectivity index (χ1n) is 12.5. The molecule has 0 saturated heterocycles. The van der Waals surface area contributed by atoms with Crippen LogP contribution >= 0.6 is 0 Å². The van der Waals surface area contributed by atoms with Gasteiger partial charge in [0.1, 0.15) is 5.57 Å². The number of carbonyl (C=O) groups is 1. The minimum absolute atomic E-state index is 0.0468. The van der Waals surface area contributed by atoms with Crippen LogP contribution in [0, 0.1) is 0 Å². The molecule has 4 nitrogen and oxygen atoms in total. The summed E-state index contributed by atoms with van der Waals surface area (Å²) in [6.07, 6.45) is 19.5. The quantitative estimate of drug-likeness (QED) is 0.217. The number of aryl methyl sites for hydroxylation is 1. The molecule has 0 radical (unpaired) electrons. The van der Waals surface area contributed by atoms with Crippen molar-refractivity contribution in [1.29, 1.82) is 0 Å². The minimum Gasteiger partial charge on any atom is -0.478 e. The van der Waals surface area contributed by atoms with Gasteiger partial charge >= 0.3 is 5.97 Å². The summed E-state index contributed by atoms with van der Waals surface area (Å²) in [5.74, 6) is -0.618. The molecule has 2 rings (SSSR count). The van der Waals surface area contributed by atoms with E-state index in [0.717, 1.165) is 36.8 Å². The van der Waals surface area contributed by atoms with Crippen LogP contribution in [0.1, 0.15) is 107 Å². The smallest absolute Gasteiger partial charge is 0.339 e. The second-order valence-corrected chi connectivity index (χ2v) is 8.68. The van der Waals surface area contributed by atoms with Gasteiger partial charge in [0.2, 0.25) is 0 Å². The van der Waals surface area contributed by atoms with Gasteiger partial charge in [0.15, 0.2) is 5.82 Å². The molecular weight excluding hydrogens is 396 g/mol. The predicted molar refractivity (Wildman–Crippen MR) is 133 cm³/mol. The van der Waals surface area contributed by atoms with Crippen molar-refractivity contribution in [3.05, 3.63) is 65.8 Å². The fourth-order valence-corrected chi connectivity index (χ4v) is 4.01. The van der Waals surface area contributed by atoms with Crippen LogP contribution in [0.5, 0.6) is 0 Å². The Hall–Kier alpha value is -2.49. The van der Waals surface area contributed by atoms with E-state index in [1.807, 2.05) is 24.3 Å². The number of nitrogens with zero attached hydrogens (tertiary/aromatic N) is 2. The molecule has 1 N–H and O–H groups in total. The first kappa shape index (κ1) is 25.8. The fraction of sp³-hybridized carbons (Fsp3) is 0.536. The monoisotopic (exact) mass is 436 g/mol. The van der Waals surface area contributed by atoms with E-state index >= 15 is 0 Å². The Labute approximate surface area is 194 Å². The van der Waals surface area contributed by atoms with Gasteiger partial charge in [0.25, 0.3) is 0 Å². The standard InChI is InChI=1S/C28H40N2O2/c1-3-5-7-9-10-12-16-23-21-29-27(30-22-23)26(28(31)32)20-25(19-13-8-6-4-2)24-17-14-11-15-18-24/h11,14-15,17-18,20-22,25H,3-10,12-13,16,19H2,1-2H3,(H,31,32)/b26-20+. The molecule has 0 bridgehead atoms. The maximum atomic E-state index is 12.1. The minimum atomic E-state index is -0.969. The number of hydrogen-bond donors (Lipinski definition) is 1. The summed E-state index contributed by atoms with van der Waals surface area (Å²) in [7, 11) is 0. The number of rotatable bonds is 16. The molecule has 0 saturated carbocycles. The van der Waals surface area contributed by atoms with Crippen molar-refractivity contribution in [1.82, 2.24) is 9.97 Å². The third-order valence-corrected chi connectivity index (χ3v) is 5.96. The number of carboxylic acids is 1. The molecule has 0 spiro atoms. The maximum Gasteiger partial charge on any atom is 0.339 e. The van der Waals surface area contributed by atoms with Crippen LogP contribution in [0.2, 0.25) is 0 Å². The molecule has 1 heterocycles. The topological polar surface area (TPSA) is 63.1 Å². The summed E-state index contributed by atoms with van der Waals surface area (Å²) in [6.45, 7) is 4.43. The highest BCUT2D eigenvalue weighted by atomic mass is 16.4. The number of carboxylic acid groups (broad SMARTS) is 1. The van der Waals surface area contributed by atoms with Crippen LogP contribution < -0.4 is 0 Å². The summed E-state index contributed by atoms with van der Waals surface area (Å²) >= 11 is 0. The van der Waals surface area contributed by atoms with E-state index in [2.05, 4.69) is 35.9 Å². The lowest BCUT2D eigenvalue weighted by Crippen LogP contribution is -2.07. The molecule has 174 valence electrons. The number of aliphatic carboxylic acids is 1. The van der Waals surface area contributed by atoms with Gasteiger partial charge in [0.05, 0.1) is 0 Å². The Morgan fingerprint density at radius 2 is 1.47 bits per heavy atom. The van der Waals surface area contributed by atoms with Crippen molar-refractivity contribution >= 4 is 11.5 Å². The third kappa shape index (κ3) is 9.33. The van der Waals surface area contributed by atoms with Crippen molar-refractivity contribution in [2.24, 2.45) is 0 Å². The van der Waals surface area contributed by atoms with E-state index in [1.165, 1.54) is 51.4 Å². The van der Waals surface area contributed by atoms with Gasteiger partial charge in [-0.2, -0.15) is 0 Å². The molecule has 0 aliphatic heterocycles. The molecule has 4 heteroatoms. The largest absolute Gasteiger partial charge is 0.478 e. The highest BCUT2D eigenvalue weighted by Gasteiger charge is 2.18. The lowest BCUT2D eigenvalue weighted by molar-refractivity contribution is -0.130. The molecule has 0 aliphatic carbocycles. The highest BCUT2D eigenvalue weighted by molar-refractivity contribution is 6.14. The van der Waals surface area contributed by atoms with Crippen LogP contribution in [-0.2, 0) is 11.2 Å². The Bertz CT molecular complexity index is 800. The molecule has 0 aliphatic rings. The lowest BCUT2D eigenvalue weighted by atomic mass is 9.91. The van der Waals surface area contributed by atoms with E-state index < -0.39 is 5.97 Å². The van der Waals surface area contributed by atoms with Gasteiger partial charge in [0, 0.05) is 18.3 Å². The van der Waals surface area contributed by atoms with E-state index in [0.29, 0.717) is 5.82 Å². The number of benzene rings is 1. The van der Waals surface area contributed by atoms with Crippen LogP contribution in [0.25, 0.3) is 5.57 Å². The fourth-order valence-electron chi connectivity index (χ4n) is 4.01. The van der Waals surface area contributed by atoms with Gasteiger partial charge in [-0.05, 0) is 30.4 Å². The first-order chi connectivity index (χ1) is 15.7. The van der Waals surface area contributed by atoms with Crippen molar-refractivity contribution in [3.63, 3.8) is 0 Å². The number of hydrogen-bond acceptors (Lipinski definition) is 3. The summed E-state index contributed by atoms with van der Waals surface area (Å²) in [6, 6.07) is 10.2. The van der Waals surface area contributed by atoms with E-state index in [9.17, 15) is 9.90 Å². The zero-order chi connectivity index (χ0) is 23.0. The zero-order valence-corrected chi connectivity index (χ0v) is 19.9. The normalized spacial score (nSPS) is 12.6. The van der Waals surface area contributed by atoms with E-state index in [-0.39, 0.29) is 11.5 Å². The van der Waals surface area contributed by atoms with Crippen LogP contribution in [0.3, 0.4) is 0 Å². The Morgan fingerprint density at radius 1 is 0.875 bits per heavy atom. The average molecular weight is 437 g/mol. The van der Waals surface area contributed by atoms with Gasteiger partial charge in [-0.3, -0.25) is 0 Å². The Morgan fingerprint density at radius 3 is 2.09 bits per heavy atom. The zero-order valence-electron chi connectivity index (χ0n) is 19.9. The van der Waals surface area contributed by atoms with Crippen LogP contribution in [0.4, 0.5) is 0 Å². The van der Waals surface area contributed by atoms with Gasteiger partial charge in [-0.25, -0.2) is 14.8 Å². The number of unbranched alkanes of at least 4 members (excludes halogenated alkanes) is 8. The molecule has 0 amide bonds. The second-order valence-electron chi connectivity index (χ2n) is 8.68. The third-order valence-electron chi connectivity index (χ3n) is 5.96. The summed E-state index contributed by atoms with van der Waals surface area (Å²) in [5.41, 5.74) is 2.41. The molecule has 1 unspecified atom stereocenters. The van der Waals surface area contributed by atoms with Gasteiger partial charge in [-0.1, -0.05) is 108 Å². The summed E-state index contributed by atoms with van der Waals surface area (Å²) < 4.78 is 0. The van der Waals surface area contributed by atoms with Crippen LogP contribution in [-0.4, -0.2) is 21.0 Å².